The van der Waals surface area contributed by atoms with Gasteiger partial charge in [0.05, 0.1) is 12.6 Å². The number of nitrogens with two attached hydrogens (primary N) is 1. The van der Waals surface area contributed by atoms with E-state index in [9.17, 15) is 4.79 Å². The molecule has 0 radical (unpaired) electrons. The monoisotopic (exact) mass is 162 g/mol. The molecule has 58 valence electrons. The van der Waals surface area contributed by atoms with Crippen molar-refractivity contribution in [1.29, 1.82) is 0 Å². The molecule has 1 amide bonds. The summed E-state index contributed by atoms with van der Waals surface area (Å²) < 4.78 is 0. The van der Waals surface area contributed by atoms with Gasteiger partial charge in [0.15, 0.2) is 0 Å². The highest BCUT2D eigenvalue weighted by molar-refractivity contribution is 6.29. The Morgan fingerprint density at radius 3 is 2.70 bits per heavy atom. The molecule has 0 saturated heterocycles. The third-order valence-electron chi connectivity index (χ3n) is 0.868. The highest BCUT2D eigenvalue weighted by Gasteiger charge is 2.04. The van der Waals surface area contributed by atoms with E-state index < -0.39 is 6.04 Å². The highest BCUT2D eigenvalue weighted by atomic mass is 35.5. The molecule has 0 saturated carbocycles. The van der Waals surface area contributed by atoms with Crippen molar-refractivity contribution in [2.24, 2.45) is 5.73 Å². The van der Waals surface area contributed by atoms with Crippen molar-refractivity contribution in [2.75, 3.05) is 6.54 Å². The molecular weight excluding hydrogens is 152 g/mol. The minimum atomic E-state index is -0.490. The standard InChI is InChI=1S/C6H11ClN2O/c1-4(7)3-9-6(10)5(2)8/h5H,1,3,8H2,2H3,(H,9,10)/t5-/m1/s1. The Labute approximate surface area is 65.2 Å². The van der Waals surface area contributed by atoms with Crippen LogP contribution < -0.4 is 11.1 Å². The van der Waals surface area contributed by atoms with Gasteiger partial charge in [-0.1, -0.05) is 18.2 Å². The number of carbonyl (C=O) groups is 1. The Kier molecular flexibility index (Phi) is 4.07. The lowest BCUT2D eigenvalue weighted by atomic mass is 10.3. The number of amides is 1. The molecule has 0 aromatic carbocycles. The Morgan fingerprint density at radius 2 is 2.40 bits per heavy atom. The summed E-state index contributed by atoms with van der Waals surface area (Å²) in [6.07, 6.45) is 0. The van der Waals surface area contributed by atoms with Crippen molar-refractivity contribution in [3.05, 3.63) is 11.6 Å². The van der Waals surface area contributed by atoms with Gasteiger partial charge in [0.1, 0.15) is 0 Å². The molecule has 0 heterocycles. The van der Waals surface area contributed by atoms with Gasteiger partial charge in [0.2, 0.25) is 5.91 Å². The van der Waals surface area contributed by atoms with E-state index in [1.165, 1.54) is 0 Å². The number of nitrogens with one attached hydrogen (secondary N) is 1. The summed E-state index contributed by atoms with van der Waals surface area (Å²) in [4.78, 5) is 10.7. The molecule has 0 aromatic heterocycles. The minimum absolute atomic E-state index is 0.221. The third-order valence-corrected chi connectivity index (χ3v) is 1.00. The predicted molar refractivity (Wildman–Crippen MR) is 41.7 cm³/mol. The predicted octanol–water partition coefficient (Wildman–Crippen LogP) is 0.202. The number of hydrogen-bond acceptors (Lipinski definition) is 2. The molecular formula is C6H11ClN2O. The van der Waals surface area contributed by atoms with E-state index >= 15 is 0 Å². The fraction of sp³-hybridized carbons (Fsp3) is 0.500. The second-order valence-electron chi connectivity index (χ2n) is 2.02. The van der Waals surface area contributed by atoms with Crippen LogP contribution in [-0.4, -0.2) is 18.5 Å². The Hall–Kier alpha value is -0.540. The van der Waals surface area contributed by atoms with Crippen molar-refractivity contribution in [3.8, 4) is 0 Å². The second-order valence-corrected chi connectivity index (χ2v) is 2.56. The summed E-state index contributed by atoms with van der Waals surface area (Å²) in [6, 6.07) is -0.490. The molecule has 3 nitrogen and oxygen atoms in total. The van der Waals surface area contributed by atoms with Crippen LogP contribution in [0.2, 0.25) is 0 Å². The maximum atomic E-state index is 10.7. The van der Waals surface area contributed by atoms with Gasteiger partial charge in [-0.05, 0) is 6.92 Å². The average Bonchev–Trinajstić information content (AvgIpc) is 1.82. The third kappa shape index (κ3) is 4.35. The smallest absolute Gasteiger partial charge is 0.236 e. The van der Waals surface area contributed by atoms with Crippen LogP contribution in [0.5, 0.6) is 0 Å². The first-order chi connectivity index (χ1) is 4.54. The average molecular weight is 163 g/mol. The van der Waals surface area contributed by atoms with Crippen molar-refractivity contribution in [1.82, 2.24) is 5.32 Å². The quantitative estimate of drug-likeness (QED) is 0.623. The first kappa shape index (κ1) is 9.46. The van der Waals surface area contributed by atoms with Gasteiger partial charge in [-0.2, -0.15) is 0 Å². The van der Waals surface area contributed by atoms with Gasteiger partial charge in [-0.15, -0.1) is 0 Å². The van der Waals surface area contributed by atoms with Crippen LogP contribution in [-0.2, 0) is 4.79 Å². The lowest BCUT2D eigenvalue weighted by Gasteiger charge is -2.05. The van der Waals surface area contributed by atoms with E-state index in [0.717, 1.165) is 0 Å². The second kappa shape index (κ2) is 4.30. The molecule has 0 aliphatic heterocycles. The zero-order chi connectivity index (χ0) is 8.15. The molecule has 0 aromatic rings. The Morgan fingerprint density at radius 1 is 1.90 bits per heavy atom. The fourth-order valence-corrected chi connectivity index (χ4v) is 0.411. The highest BCUT2D eigenvalue weighted by Crippen LogP contribution is 1.91. The van der Waals surface area contributed by atoms with Crippen LogP contribution in [0.15, 0.2) is 11.6 Å². The van der Waals surface area contributed by atoms with Gasteiger partial charge in [-0.3, -0.25) is 4.79 Å². The molecule has 0 bridgehead atoms. The van der Waals surface area contributed by atoms with E-state index in [1.807, 2.05) is 0 Å². The van der Waals surface area contributed by atoms with Gasteiger partial charge < -0.3 is 11.1 Å². The molecule has 0 aliphatic carbocycles. The maximum absolute atomic E-state index is 10.7. The molecule has 0 aliphatic rings. The Bertz CT molecular complexity index is 145. The van der Waals surface area contributed by atoms with Crippen LogP contribution in [0, 0.1) is 0 Å². The van der Waals surface area contributed by atoms with E-state index in [-0.39, 0.29) is 12.5 Å². The number of rotatable bonds is 3. The fourth-order valence-electron chi connectivity index (χ4n) is 0.344. The molecule has 0 rings (SSSR count). The maximum Gasteiger partial charge on any atom is 0.236 e. The molecule has 1 atom stereocenters. The van der Waals surface area contributed by atoms with Crippen LogP contribution >= 0.6 is 11.6 Å². The number of hydrogen-bond donors (Lipinski definition) is 2. The molecule has 0 fully saturated rings. The molecule has 0 unspecified atom stereocenters. The summed E-state index contributed by atoms with van der Waals surface area (Å²) in [5.74, 6) is -0.221. The van der Waals surface area contributed by atoms with Crippen molar-refractivity contribution in [3.63, 3.8) is 0 Å². The first-order valence-electron chi connectivity index (χ1n) is 2.90. The van der Waals surface area contributed by atoms with Gasteiger partial charge in [-0.25, -0.2) is 0 Å². The largest absolute Gasteiger partial charge is 0.350 e. The van der Waals surface area contributed by atoms with Crippen LogP contribution in [0.3, 0.4) is 0 Å². The summed E-state index contributed by atoms with van der Waals surface area (Å²) in [6.45, 7) is 5.28. The zero-order valence-electron chi connectivity index (χ0n) is 5.86. The molecule has 3 N–H and O–H groups in total. The van der Waals surface area contributed by atoms with E-state index in [1.54, 1.807) is 6.92 Å². The molecule has 4 heteroatoms. The van der Waals surface area contributed by atoms with Crippen LogP contribution in [0.1, 0.15) is 6.92 Å². The zero-order valence-corrected chi connectivity index (χ0v) is 6.61. The minimum Gasteiger partial charge on any atom is -0.350 e. The van der Waals surface area contributed by atoms with E-state index in [4.69, 9.17) is 17.3 Å². The molecule has 0 spiro atoms. The van der Waals surface area contributed by atoms with E-state index in [2.05, 4.69) is 11.9 Å². The Balaban J connectivity index is 3.50. The topological polar surface area (TPSA) is 55.1 Å². The normalized spacial score (nSPS) is 12.3. The van der Waals surface area contributed by atoms with Gasteiger partial charge in [0, 0.05) is 5.03 Å². The SMILES string of the molecule is C=C(Cl)CNC(=O)[C@@H](C)N. The lowest BCUT2D eigenvalue weighted by molar-refractivity contribution is -0.121. The summed E-state index contributed by atoms with van der Waals surface area (Å²) >= 11 is 5.38. The van der Waals surface area contributed by atoms with Gasteiger partial charge >= 0.3 is 0 Å². The van der Waals surface area contributed by atoms with Crippen molar-refractivity contribution >= 4 is 17.5 Å². The van der Waals surface area contributed by atoms with Crippen molar-refractivity contribution in [2.45, 2.75) is 13.0 Å². The number of halogens is 1. The first-order valence-corrected chi connectivity index (χ1v) is 3.28. The lowest BCUT2D eigenvalue weighted by Crippen LogP contribution is -2.38. The van der Waals surface area contributed by atoms with Crippen LogP contribution in [0.4, 0.5) is 0 Å². The molecule has 10 heavy (non-hydrogen) atoms. The van der Waals surface area contributed by atoms with Gasteiger partial charge in [0.25, 0.3) is 0 Å². The summed E-state index contributed by atoms with van der Waals surface area (Å²) in [5, 5.41) is 2.88. The van der Waals surface area contributed by atoms with E-state index in [0.29, 0.717) is 5.03 Å². The summed E-state index contributed by atoms with van der Waals surface area (Å²) in [7, 11) is 0. The summed E-state index contributed by atoms with van der Waals surface area (Å²) in [5.41, 5.74) is 5.24. The van der Waals surface area contributed by atoms with Crippen LogP contribution in [0.25, 0.3) is 0 Å². The number of carbonyl (C=O) groups excluding carboxylic acids is 1. The van der Waals surface area contributed by atoms with Crippen molar-refractivity contribution < 1.29 is 4.79 Å².